The molecule has 0 spiro atoms. The van der Waals surface area contributed by atoms with Gasteiger partial charge >= 0.3 is 0 Å². The van der Waals surface area contributed by atoms with E-state index in [-0.39, 0.29) is 12.0 Å². The second kappa shape index (κ2) is 8.89. The van der Waals surface area contributed by atoms with Gasteiger partial charge in [-0.25, -0.2) is 0 Å². The van der Waals surface area contributed by atoms with Gasteiger partial charge < -0.3 is 4.90 Å². The maximum Gasteiger partial charge on any atom is 0.225 e. The van der Waals surface area contributed by atoms with Crippen molar-refractivity contribution in [2.45, 2.75) is 45.6 Å². The van der Waals surface area contributed by atoms with Crippen LogP contribution in [-0.4, -0.2) is 48.4 Å². The quantitative estimate of drug-likeness (QED) is 0.750. The molecule has 0 radical (unpaired) electrons. The lowest BCUT2D eigenvalue weighted by Crippen LogP contribution is -2.45. The van der Waals surface area contributed by atoms with Gasteiger partial charge in [0, 0.05) is 19.0 Å². The predicted octanol–water partition coefficient (Wildman–Crippen LogP) is 3.12. The molecule has 1 saturated heterocycles. The Hall–Kier alpha value is -1.79. The second-order valence-corrected chi connectivity index (χ2v) is 6.96. The number of hydrogen-bond acceptors (Lipinski definition) is 2. The standard InChI is InChI=1S/C21H30N2O/c1-5-13-23-14-11-19(12-15-23)21(24)22(4)20(6-2)16-18-9-7-17(3)8-10-18/h1,7-10,19-20H,6,11-16H2,2-4H3. The SMILES string of the molecule is C#CCN1CCC(C(=O)N(C)C(CC)Cc2ccc(C)cc2)CC1. The largest absolute Gasteiger partial charge is 0.342 e. The zero-order chi connectivity index (χ0) is 17.5. The molecule has 1 fully saturated rings. The third-order valence-corrected chi connectivity index (χ3v) is 5.21. The summed E-state index contributed by atoms with van der Waals surface area (Å²) >= 11 is 0. The van der Waals surface area contributed by atoms with Crippen molar-refractivity contribution in [1.82, 2.24) is 9.80 Å². The topological polar surface area (TPSA) is 23.6 Å². The molecule has 3 nitrogen and oxygen atoms in total. The van der Waals surface area contributed by atoms with E-state index in [0.717, 1.165) is 38.8 Å². The van der Waals surface area contributed by atoms with Gasteiger partial charge in [-0.15, -0.1) is 6.42 Å². The van der Waals surface area contributed by atoms with Crippen molar-refractivity contribution >= 4 is 5.91 Å². The van der Waals surface area contributed by atoms with Crippen LogP contribution >= 0.6 is 0 Å². The number of terminal acetylenes is 1. The van der Waals surface area contributed by atoms with E-state index >= 15 is 0 Å². The van der Waals surface area contributed by atoms with Crippen molar-refractivity contribution < 1.29 is 4.79 Å². The van der Waals surface area contributed by atoms with Crippen molar-refractivity contribution in [3.05, 3.63) is 35.4 Å². The molecule has 1 heterocycles. The van der Waals surface area contributed by atoms with Gasteiger partial charge in [-0.2, -0.15) is 0 Å². The van der Waals surface area contributed by atoms with Crippen molar-refractivity contribution in [2.75, 3.05) is 26.7 Å². The second-order valence-electron chi connectivity index (χ2n) is 6.96. The van der Waals surface area contributed by atoms with E-state index in [1.165, 1.54) is 11.1 Å². The summed E-state index contributed by atoms with van der Waals surface area (Å²) in [5.74, 6) is 3.14. The number of likely N-dealkylation sites (N-methyl/N-ethyl adjacent to an activating group) is 1. The van der Waals surface area contributed by atoms with Crippen LogP contribution in [0.2, 0.25) is 0 Å². The molecule has 1 atom stereocenters. The summed E-state index contributed by atoms with van der Waals surface area (Å²) in [4.78, 5) is 17.1. The van der Waals surface area contributed by atoms with E-state index in [2.05, 4.69) is 48.9 Å². The smallest absolute Gasteiger partial charge is 0.225 e. The maximum atomic E-state index is 12.9. The summed E-state index contributed by atoms with van der Waals surface area (Å²) in [7, 11) is 1.97. The van der Waals surface area contributed by atoms with Crippen LogP contribution in [0, 0.1) is 25.2 Å². The Morgan fingerprint density at radius 3 is 2.50 bits per heavy atom. The average molecular weight is 326 g/mol. The number of amides is 1. The zero-order valence-corrected chi connectivity index (χ0v) is 15.3. The molecule has 0 N–H and O–H groups in total. The number of piperidine rings is 1. The fourth-order valence-electron chi connectivity index (χ4n) is 3.49. The third-order valence-electron chi connectivity index (χ3n) is 5.21. The third kappa shape index (κ3) is 4.85. The van der Waals surface area contributed by atoms with Crippen LogP contribution in [0.3, 0.4) is 0 Å². The number of aryl methyl sites for hydroxylation is 1. The number of benzene rings is 1. The van der Waals surface area contributed by atoms with Crippen molar-refractivity contribution in [1.29, 1.82) is 0 Å². The van der Waals surface area contributed by atoms with Gasteiger partial charge in [-0.1, -0.05) is 42.7 Å². The molecular formula is C21H30N2O. The summed E-state index contributed by atoms with van der Waals surface area (Å²) in [6, 6.07) is 8.91. The molecule has 1 aromatic rings. The summed E-state index contributed by atoms with van der Waals surface area (Å²) in [5.41, 5.74) is 2.57. The first-order valence-electron chi connectivity index (χ1n) is 9.03. The summed E-state index contributed by atoms with van der Waals surface area (Å²) in [6.45, 7) is 6.83. The van der Waals surface area contributed by atoms with E-state index in [0.29, 0.717) is 12.5 Å². The van der Waals surface area contributed by atoms with Crippen LogP contribution in [0.1, 0.15) is 37.3 Å². The Bertz CT molecular complexity index is 564. The molecule has 24 heavy (non-hydrogen) atoms. The zero-order valence-electron chi connectivity index (χ0n) is 15.3. The first-order chi connectivity index (χ1) is 11.5. The van der Waals surface area contributed by atoms with Crippen molar-refractivity contribution in [3.8, 4) is 12.3 Å². The first kappa shape index (κ1) is 18.5. The van der Waals surface area contributed by atoms with Crippen LogP contribution < -0.4 is 0 Å². The summed E-state index contributed by atoms with van der Waals surface area (Å²) in [5, 5.41) is 0. The Morgan fingerprint density at radius 1 is 1.33 bits per heavy atom. The lowest BCUT2D eigenvalue weighted by atomic mass is 9.93. The number of nitrogens with zero attached hydrogens (tertiary/aromatic N) is 2. The number of hydrogen-bond donors (Lipinski definition) is 0. The lowest BCUT2D eigenvalue weighted by molar-refractivity contribution is -0.137. The molecule has 1 aliphatic rings. The highest BCUT2D eigenvalue weighted by Crippen LogP contribution is 2.21. The fraction of sp³-hybridized carbons (Fsp3) is 0.571. The number of rotatable bonds is 6. The highest BCUT2D eigenvalue weighted by molar-refractivity contribution is 5.79. The minimum atomic E-state index is 0.149. The Morgan fingerprint density at radius 2 is 1.96 bits per heavy atom. The van der Waals surface area contributed by atoms with Gasteiger partial charge in [0.1, 0.15) is 0 Å². The Kier molecular flexibility index (Phi) is 6.87. The van der Waals surface area contributed by atoms with Crippen LogP contribution in [0.15, 0.2) is 24.3 Å². The monoisotopic (exact) mass is 326 g/mol. The number of carbonyl (C=O) groups is 1. The van der Waals surface area contributed by atoms with Gasteiger partial charge in [-0.05, 0) is 51.3 Å². The lowest BCUT2D eigenvalue weighted by Gasteiger charge is -2.35. The molecular weight excluding hydrogens is 296 g/mol. The van der Waals surface area contributed by atoms with Gasteiger partial charge in [0.25, 0.3) is 0 Å². The molecule has 0 saturated carbocycles. The fourth-order valence-corrected chi connectivity index (χ4v) is 3.49. The summed E-state index contributed by atoms with van der Waals surface area (Å²) in [6.07, 6.45) is 9.12. The molecule has 1 amide bonds. The molecule has 1 aromatic carbocycles. The molecule has 1 unspecified atom stereocenters. The summed E-state index contributed by atoms with van der Waals surface area (Å²) < 4.78 is 0. The van der Waals surface area contributed by atoms with E-state index < -0.39 is 0 Å². The van der Waals surface area contributed by atoms with E-state index in [1.807, 2.05) is 11.9 Å². The molecule has 2 rings (SSSR count). The van der Waals surface area contributed by atoms with E-state index in [9.17, 15) is 4.79 Å². The van der Waals surface area contributed by atoms with Crippen LogP contribution in [0.25, 0.3) is 0 Å². The van der Waals surface area contributed by atoms with Crippen molar-refractivity contribution in [3.63, 3.8) is 0 Å². The first-order valence-corrected chi connectivity index (χ1v) is 9.03. The normalized spacial score (nSPS) is 17.2. The van der Waals surface area contributed by atoms with Gasteiger partial charge in [0.05, 0.1) is 6.54 Å². The van der Waals surface area contributed by atoms with Crippen LogP contribution in [-0.2, 0) is 11.2 Å². The maximum absolute atomic E-state index is 12.9. The van der Waals surface area contributed by atoms with E-state index in [4.69, 9.17) is 6.42 Å². The Labute approximate surface area is 147 Å². The van der Waals surface area contributed by atoms with Crippen LogP contribution in [0.4, 0.5) is 0 Å². The van der Waals surface area contributed by atoms with Gasteiger partial charge in [0.15, 0.2) is 0 Å². The molecule has 1 aliphatic heterocycles. The van der Waals surface area contributed by atoms with E-state index in [1.54, 1.807) is 0 Å². The Balaban J connectivity index is 1.93. The average Bonchev–Trinajstić information content (AvgIpc) is 2.61. The molecule has 0 aliphatic carbocycles. The minimum absolute atomic E-state index is 0.149. The molecule has 3 heteroatoms. The number of carbonyl (C=O) groups excluding carboxylic acids is 1. The molecule has 0 aromatic heterocycles. The van der Waals surface area contributed by atoms with Gasteiger partial charge in [0.2, 0.25) is 5.91 Å². The predicted molar refractivity (Wildman–Crippen MR) is 99.7 cm³/mol. The van der Waals surface area contributed by atoms with Crippen molar-refractivity contribution in [2.24, 2.45) is 5.92 Å². The van der Waals surface area contributed by atoms with Gasteiger partial charge in [-0.3, -0.25) is 9.69 Å². The van der Waals surface area contributed by atoms with Crippen LogP contribution in [0.5, 0.6) is 0 Å². The highest BCUT2D eigenvalue weighted by Gasteiger charge is 2.29. The number of likely N-dealkylation sites (tertiary alicyclic amines) is 1. The molecule has 130 valence electrons. The minimum Gasteiger partial charge on any atom is -0.342 e. The highest BCUT2D eigenvalue weighted by atomic mass is 16.2. The molecule has 0 bridgehead atoms.